The lowest BCUT2D eigenvalue weighted by Gasteiger charge is -2.06. The maximum absolute atomic E-state index is 10.8. The summed E-state index contributed by atoms with van der Waals surface area (Å²) in [6.45, 7) is 5.82. The van der Waals surface area contributed by atoms with E-state index >= 15 is 0 Å². The molecular formula is C13H19NO2. The van der Waals surface area contributed by atoms with Crippen molar-refractivity contribution in [2.45, 2.75) is 26.8 Å². The first kappa shape index (κ1) is 12.7. The smallest absolute Gasteiger partial charge is 0.305 e. The van der Waals surface area contributed by atoms with Crippen LogP contribution in [-0.2, 0) is 16.1 Å². The van der Waals surface area contributed by atoms with Gasteiger partial charge in [0.05, 0.1) is 0 Å². The van der Waals surface area contributed by atoms with Gasteiger partial charge in [-0.05, 0) is 12.5 Å². The molecule has 3 nitrogen and oxygen atoms in total. The van der Waals surface area contributed by atoms with E-state index in [1.54, 1.807) is 6.92 Å². The van der Waals surface area contributed by atoms with Gasteiger partial charge in [0, 0.05) is 19.5 Å². The van der Waals surface area contributed by atoms with Gasteiger partial charge in [-0.3, -0.25) is 4.79 Å². The Labute approximate surface area is 96.8 Å². The number of esters is 1. The molecule has 3 heteroatoms. The molecule has 0 saturated carbocycles. The summed E-state index contributed by atoms with van der Waals surface area (Å²) in [6.07, 6.45) is 0.442. The summed E-state index contributed by atoms with van der Waals surface area (Å²) in [5, 5.41) is 3.23. The van der Waals surface area contributed by atoms with E-state index in [9.17, 15) is 4.79 Å². The van der Waals surface area contributed by atoms with Crippen molar-refractivity contribution in [3.63, 3.8) is 0 Å². The Kier molecular flexibility index (Phi) is 5.57. The number of nitrogens with one attached hydrogen (secondary N) is 1. The molecule has 0 saturated heterocycles. The van der Waals surface area contributed by atoms with Gasteiger partial charge in [-0.1, -0.05) is 36.8 Å². The fourth-order valence-corrected chi connectivity index (χ4v) is 1.39. The molecule has 0 atom stereocenters. The van der Waals surface area contributed by atoms with Crippen molar-refractivity contribution < 1.29 is 9.53 Å². The first-order valence-corrected chi connectivity index (χ1v) is 5.64. The number of benzene rings is 1. The summed E-state index contributed by atoms with van der Waals surface area (Å²) in [7, 11) is 0. The lowest BCUT2D eigenvalue weighted by Crippen LogP contribution is -2.20. The van der Waals surface area contributed by atoms with Gasteiger partial charge in [0.25, 0.3) is 0 Å². The number of hydrogen-bond acceptors (Lipinski definition) is 3. The van der Waals surface area contributed by atoms with Crippen LogP contribution in [0.2, 0.25) is 0 Å². The summed E-state index contributed by atoms with van der Waals surface area (Å²) in [6, 6.07) is 8.35. The predicted molar refractivity (Wildman–Crippen MR) is 64.1 cm³/mol. The zero-order valence-corrected chi connectivity index (χ0v) is 9.95. The highest BCUT2D eigenvalue weighted by Gasteiger charge is 1.97. The van der Waals surface area contributed by atoms with E-state index in [1.807, 2.05) is 6.07 Å². The van der Waals surface area contributed by atoms with E-state index in [4.69, 9.17) is 4.74 Å². The largest absolute Gasteiger partial charge is 0.464 e. The zero-order valence-electron chi connectivity index (χ0n) is 9.95. The first-order chi connectivity index (χ1) is 7.72. The van der Waals surface area contributed by atoms with Crippen LogP contribution >= 0.6 is 0 Å². The molecule has 16 heavy (non-hydrogen) atoms. The van der Waals surface area contributed by atoms with Gasteiger partial charge in [-0.2, -0.15) is 0 Å². The number of carbonyl (C=O) groups excluding carboxylic acids is 1. The molecule has 1 N–H and O–H groups in total. The molecule has 0 amide bonds. The summed E-state index contributed by atoms with van der Waals surface area (Å²) in [4.78, 5) is 10.8. The fourth-order valence-electron chi connectivity index (χ4n) is 1.39. The van der Waals surface area contributed by atoms with Gasteiger partial charge >= 0.3 is 5.97 Å². The van der Waals surface area contributed by atoms with Crippen molar-refractivity contribution in [1.29, 1.82) is 0 Å². The van der Waals surface area contributed by atoms with Gasteiger partial charge in [-0.15, -0.1) is 0 Å². The zero-order chi connectivity index (χ0) is 11.8. The van der Waals surface area contributed by atoms with Crippen LogP contribution < -0.4 is 5.32 Å². The van der Waals surface area contributed by atoms with Gasteiger partial charge in [0.2, 0.25) is 0 Å². The molecule has 0 aliphatic rings. The van der Waals surface area contributed by atoms with Crippen LogP contribution in [0.3, 0.4) is 0 Å². The molecule has 0 aromatic heterocycles. The van der Waals surface area contributed by atoms with Gasteiger partial charge in [0.15, 0.2) is 0 Å². The standard InChI is InChI=1S/C13H19NO2/c1-3-13(15)16-8-7-14-10-12-6-4-5-11(2)9-12/h4-6,9,14H,3,7-8,10H2,1-2H3. The number of hydrogen-bond donors (Lipinski definition) is 1. The lowest BCUT2D eigenvalue weighted by molar-refractivity contribution is -0.143. The second-order valence-electron chi connectivity index (χ2n) is 3.74. The lowest BCUT2D eigenvalue weighted by atomic mass is 10.1. The Bertz CT molecular complexity index is 336. The van der Waals surface area contributed by atoms with E-state index in [0.29, 0.717) is 19.6 Å². The molecule has 0 unspecified atom stereocenters. The summed E-state index contributed by atoms with van der Waals surface area (Å²) >= 11 is 0. The minimum absolute atomic E-state index is 0.141. The van der Waals surface area contributed by atoms with Crippen molar-refractivity contribution >= 4 is 5.97 Å². The van der Waals surface area contributed by atoms with Crippen LogP contribution in [0.4, 0.5) is 0 Å². The number of ether oxygens (including phenoxy) is 1. The van der Waals surface area contributed by atoms with E-state index < -0.39 is 0 Å². The average molecular weight is 221 g/mol. The molecule has 1 aromatic carbocycles. The van der Waals surface area contributed by atoms with Gasteiger partial charge in [0.1, 0.15) is 6.61 Å². The molecule has 0 aliphatic carbocycles. The molecule has 1 aromatic rings. The highest BCUT2D eigenvalue weighted by Crippen LogP contribution is 2.02. The van der Waals surface area contributed by atoms with Crippen molar-refractivity contribution in [3.8, 4) is 0 Å². The Hall–Kier alpha value is -1.35. The monoisotopic (exact) mass is 221 g/mol. The normalized spacial score (nSPS) is 10.1. The fraction of sp³-hybridized carbons (Fsp3) is 0.462. The first-order valence-electron chi connectivity index (χ1n) is 5.64. The summed E-state index contributed by atoms with van der Waals surface area (Å²) < 4.78 is 4.95. The van der Waals surface area contributed by atoms with Crippen molar-refractivity contribution in [3.05, 3.63) is 35.4 Å². The van der Waals surface area contributed by atoms with Crippen LogP contribution in [0.25, 0.3) is 0 Å². The van der Waals surface area contributed by atoms with Crippen LogP contribution in [0, 0.1) is 6.92 Å². The topological polar surface area (TPSA) is 38.3 Å². The number of rotatable bonds is 6. The van der Waals surface area contributed by atoms with Gasteiger partial charge in [-0.25, -0.2) is 0 Å². The summed E-state index contributed by atoms with van der Waals surface area (Å²) in [5.74, 6) is -0.141. The summed E-state index contributed by atoms with van der Waals surface area (Å²) in [5.41, 5.74) is 2.51. The van der Waals surface area contributed by atoms with Crippen LogP contribution in [-0.4, -0.2) is 19.1 Å². The third-order valence-corrected chi connectivity index (χ3v) is 2.24. The minimum Gasteiger partial charge on any atom is -0.464 e. The average Bonchev–Trinajstić information content (AvgIpc) is 2.28. The second-order valence-corrected chi connectivity index (χ2v) is 3.74. The van der Waals surface area contributed by atoms with E-state index in [0.717, 1.165) is 6.54 Å². The third kappa shape index (κ3) is 4.94. The van der Waals surface area contributed by atoms with E-state index in [2.05, 4.69) is 30.4 Å². The Morgan fingerprint density at radius 2 is 2.25 bits per heavy atom. The molecule has 0 fully saturated rings. The molecule has 0 spiro atoms. The van der Waals surface area contributed by atoms with Crippen LogP contribution in [0.5, 0.6) is 0 Å². The van der Waals surface area contributed by atoms with Crippen LogP contribution in [0.15, 0.2) is 24.3 Å². The van der Waals surface area contributed by atoms with E-state index in [1.165, 1.54) is 11.1 Å². The van der Waals surface area contributed by atoms with Crippen molar-refractivity contribution in [1.82, 2.24) is 5.32 Å². The van der Waals surface area contributed by atoms with E-state index in [-0.39, 0.29) is 5.97 Å². The Morgan fingerprint density at radius 1 is 1.44 bits per heavy atom. The molecule has 0 bridgehead atoms. The van der Waals surface area contributed by atoms with Crippen molar-refractivity contribution in [2.24, 2.45) is 0 Å². The maximum atomic E-state index is 10.8. The quantitative estimate of drug-likeness (QED) is 0.590. The molecule has 88 valence electrons. The predicted octanol–water partition coefficient (Wildman–Crippen LogP) is 2.04. The SMILES string of the molecule is CCC(=O)OCCNCc1cccc(C)c1. The molecular weight excluding hydrogens is 202 g/mol. The highest BCUT2D eigenvalue weighted by molar-refractivity contribution is 5.68. The molecule has 0 heterocycles. The van der Waals surface area contributed by atoms with Crippen molar-refractivity contribution in [2.75, 3.05) is 13.2 Å². The minimum atomic E-state index is -0.141. The Morgan fingerprint density at radius 3 is 2.94 bits per heavy atom. The highest BCUT2D eigenvalue weighted by atomic mass is 16.5. The third-order valence-electron chi connectivity index (χ3n) is 2.24. The Balaban J connectivity index is 2.14. The second kappa shape index (κ2) is 7.01. The van der Waals surface area contributed by atoms with Crippen LogP contribution in [0.1, 0.15) is 24.5 Å². The molecule has 0 radical (unpaired) electrons. The number of carbonyl (C=O) groups is 1. The molecule has 0 aliphatic heterocycles. The maximum Gasteiger partial charge on any atom is 0.305 e. The number of aryl methyl sites for hydroxylation is 1. The molecule has 1 rings (SSSR count). The van der Waals surface area contributed by atoms with Gasteiger partial charge < -0.3 is 10.1 Å².